The molecule has 0 aliphatic rings. The van der Waals surface area contributed by atoms with Gasteiger partial charge in [-0.25, -0.2) is 0 Å². The molecule has 4 aromatic rings. The molecule has 0 atom stereocenters. The topological polar surface area (TPSA) is 91.4 Å². The lowest BCUT2D eigenvalue weighted by Crippen LogP contribution is -2.27. The van der Waals surface area contributed by atoms with Crippen LogP contribution in [0.5, 0.6) is 11.5 Å². The minimum Gasteiger partial charge on any atom is -0.497 e. The van der Waals surface area contributed by atoms with E-state index < -0.39 is 0 Å². The van der Waals surface area contributed by atoms with Crippen molar-refractivity contribution in [2.75, 3.05) is 26.5 Å². The predicted octanol–water partition coefficient (Wildman–Crippen LogP) is 4.05. The van der Waals surface area contributed by atoms with Crippen molar-refractivity contribution in [3.05, 3.63) is 78.3 Å². The number of ether oxygens (including phenoxy) is 2. The number of benzene rings is 2. The van der Waals surface area contributed by atoms with Crippen LogP contribution in [0, 0.1) is 0 Å². The Bertz CT molecular complexity index is 1210. The summed E-state index contributed by atoms with van der Waals surface area (Å²) in [5.74, 6) is 3.17. The standard InChI is InChI=1S/C25H26N4O4S/c1-31-20-10-8-18(9-11-20)12-13-26-23(30)17-34-25-28-27-24(19-5-3-6-21(15-19)32-2)29(25)16-22-7-4-14-33-22/h3-11,14-15H,12-13,16-17H2,1-2H3,(H,26,30). The lowest BCUT2D eigenvalue weighted by molar-refractivity contribution is -0.118. The van der Waals surface area contributed by atoms with Crippen LogP contribution in [-0.4, -0.2) is 47.2 Å². The van der Waals surface area contributed by atoms with Gasteiger partial charge in [0.05, 0.1) is 32.8 Å². The molecule has 1 N–H and O–H groups in total. The molecule has 176 valence electrons. The first-order valence-corrected chi connectivity index (χ1v) is 11.8. The van der Waals surface area contributed by atoms with Gasteiger partial charge in [-0.2, -0.15) is 0 Å². The molecule has 0 fully saturated rings. The second-order valence-corrected chi connectivity index (χ2v) is 8.38. The van der Waals surface area contributed by atoms with Gasteiger partial charge in [-0.15, -0.1) is 10.2 Å². The number of carbonyl (C=O) groups is 1. The minimum absolute atomic E-state index is 0.0611. The van der Waals surface area contributed by atoms with Gasteiger partial charge in [-0.05, 0) is 48.4 Å². The average molecular weight is 479 g/mol. The maximum atomic E-state index is 12.5. The normalized spacial score (nSPS) is 10.8. The lowest BCUT2D eigenvalue weighted by Gasteiger charge is -2.10. The van der Waals surface area contributed by atoms with E-state index in [4.69, 9.17) is 13.9 Å². The quantitative estimate of drug-likeness (QED) is 0.325. The van der Waals surface area contributed by atoms with E-state index in [9.17, 15) is 4.79 Å². The molecule has 2 aromatic carbocycles. The first-order valence-electron chi connectivity index (χ1n) is 10.8. The Morgan fingerprint density at radius 2 is 1.85 bits per heavy atom. The van der Waals surface area contributed by atoms with Crippen LogP contribution in [0.15, 0.2) is 76.5 Å². The number of nitrogens with one attached hydrogen (secondary N) is 1. The number of furan rings is 1. The molecule has 4 rings (SSSR count). The van der Waals surface area contributed by atoms with Crippen LogP contribution in [0.4, 0.5) is 0 Å². The van der Waals surface area contributed by atoms with Crippen molar-refractivity contribution in [1.29, 1.82) is 0 Å². The number of methoxy groups -OCH3 is 2. The van der Waals surface area contributed by atoms with Gasteiger partial charge in [0.15, 0.2) is 11.0 Å². The zero-order chi connectivity index (χ0) is 23.8. The molecule has 8 nitrogen and oxygen atoms in total. The maximum absolute atomic E-state index is 12.5. The SMILES string of the molecule is COc1ccc(CCNC(=O)CSc2nnc(-c3cccc(OC)c3)n2Cc2ccco2)cc1. The van der Waals surface area contributed by atoms with E-state index in [2.05, 4.69) is 15.5 Å². The summed E-state index contributed by atoms with van der Waals surface area (Å²) in [5, 5.41) is 12.3. The summed E-state index contributed by atoms with van der Waals surface area (Å²) < 4.78 is 18.0. The number of thioether (sulfide) groups is 1. The highest BCUT2D eigenvalue weighted by atomic mass is 32.2. The Morgan fingerprint density at radius 3 is 2.59 bits per heavy atom. The van der Waals surface area contributed by atoms with E-state index in [0.717, 1.165) is 34.8 Å². The second kappa shape index (κ2) is 11.4. The number of hydrogen-bond acceptors (Lipinski definition) is 7. The highest BCUT2D eigenvalue weighted by Gasteiger charge is 2.17. The fraction of sp³-hybridized carbons (Fsp3) is 0.240. The van der Waals surface area contributed by atoms with Gasteiger partial charge in [-0.3, -0.25) is 9.36 Å². The highest BCUT2D eigenvalue weighted by Crippen LogP contribution is 2.27. The zero-order valence-corrected chi connectivity index (χ0v) is 19.9. The van der Waals surface area contributed by atoms with Crippen LogP contribution in [0.2, 0.25) is 0 Å². The van der Waals surface area contributed by atoms with Crippen molar-refractivity contribution in [3.8, 4) is 22.9 Å². The van der Waals surface area contributed by atoms with Crippen molar-refractivity contribution >= 4 is 17.7 Å². The number of carbonyl (C=O) groups excluding carboxylic acids is 1. The number of amides is 1. The number of hydrogen-bond donors (Lipinski definition) is 1. The van der Waals surface area contributed by atoms with E-state index in [1.54, 1.807) is 20.5 Å². The molecule has 34 heavy (non-hydrogen) atoms. The van der Waals surface area contributed by atoms with Crippen molar-refractivity contribution in [2.45, 2.75) is 18.1 Å². The number of aromatic nitrogens is 3. The monoisotopic (exact) mass is 478 g/mol. The van der Waals surface area contributed by atoms with Crippen LogP contribution in [0.25, 0.3) is 11.4 Å². The molecule has 2 aromatic heterocycles. The smallest absolute Gasteiger partial charge is 0.230 e. The van der Waals surface area contributed by atoms with Crippen LogP contribution in [0.1, 0.15) is 11.3 Å². The predicted molar refractivity (Wildman–Crippen MR) is 130 cm³/mol. The minimum atomic E-state index is -0.0611. The van der Waals surface area contributed by atoms with E-state index in [1.807, 2.05) is 65.2 Å². The molecule has 0 bridgehead atoms. The summed E-state index contributed by atoms with van der Waals surface area (Å²) in [6.07, 6.45) is 2.38. The van der Waals surface area contributed by atoms with E-state index in [1.165, 1.54) is 11.8 Å². The molecule has 0 unspecified atom stereocenters. The van der Waals surface area contributed by atoms with Crippen LogP contribution in [0.3, 0.4) is 0 Å². The van der Waals surface area contributed by atoms with Gasteiger partial charge in [0, 0.05) is 12.1 Å². The number of nitrogens with zero attached hydrogens (tertiary/aromatic N) is 3. The van der Waals surface area contributed by atoms with Crippen molar-refractivity contribution < 1.29 is 18.7 Å². The van der Waals surface area contributed by atoms with Crippen LogP contribution in [-0.2, 0) is 17.8 Å². The van der Waals surface area contributed by atoms with Crippen molar-refractivity contribution in [2.24, 2.45) is 0 Å². The summed E-state index contributed by atoms with van der Waals surface area (Å²) in [6, 6.07) is 19.2. The van der Waals surface area contributed by atoms with E-state index in [-0.39, 0.29) is 11.7 Å². The van der Waals surface area contributed by atoms with Gasteiger partial charge >= 0.3 is 0 Å². The molecule has 0 spiro atoms. The molecular formula is C25H26N4O4S. The molecule has 0 saturated heterocycles. The fourth-order valence-corrected chi connectivity index (χ4v) is 4.16. The van der Waals surface area contributed by atoms with Crippen molar-refractivity contribution in [3.63, 3.8) is 0 Å². The Kier molecular flexibility index (Phi) is 7.87. The largest absolute Gasteiger partial charge is 0.497 e. The van der Waals surface area contributed by atoms with E-state index >= 15 is 0 Å². The summed E-state index contributed by atoms with van der Waals surface area (Å²) in [5.41, 5.74) is 2.00. The third kappa shape index (κ3) is 5.99. The van der Waals surface area contributed by atoms with Crippen LogP contribution >= 0.6 is 11.8 Å². The summed E-state index contributed by atoms with van der Waals surface area (Å²) in [4.78, 5) is 12.5. The van der Waals surface area contributed by atoms with Crippen molar-refractivity contribution in [1.82, 2.24) is 20.1 Å². The highest BCUT2D eigenvalue weighted by molar-refractivity contribution is 7.99. The molecular weight excluding hydrogens is 452 g/mol. The molecule has 0 aliphatic carbocycles. The number of rotatable bonds is 11. The molecule has 1 amide bonds. The van der Waals surface area contributed by atoms with E-state index in [0.29, 0.717) is 24.1 Å². The summed E-state index contributed by atoms with van der Waals surface area (Å²) in [6.45, 7) is 1.01. The molecule has 9 heteroatoms. The Hall–Kier alpha value is -3.72. The third-order valence-electron chi connectivity index (χ3n) is 5.17. The van der Waals surface area contributed by atoms with Gasteiger partial charge in [-0.1, -0.05) is 36.0 Å². The van der Waals surface area contributed by atoms with Gasteiger partial charge in [0.1, 0.15) is 17.3 Å². The first-order chi connectivity index (χ1) is 16.7. The van der Waals surface area contributed by atoms with Gasteiger partial charge in [0.25, 0.3) is 0 Å². The fourth-order valence-electron chi connectivity index (χ4n) is 3.39. The summed E-state index contributed by atoms with van der Waals surface area (Å²) in [7, 11) is 3.27. The average Bonchev–Trinajstić information content (AvgIpc) is 3.53. The molecule has 0 saturated carbocycles. The van der Waals surface area contributed by atoms with Gasteiger partial charge < -0.3 is 19.2 Å². The first kappa shape index (κ1) is 23.4. The Labute approximate surface area is 202 Å². The van der Waals surface area contributed by atoms with Gasteiger partial charge in [0.2, 0.25) is 5.91 Å². The summed E-state index contributed by atoms with van der Waals surface area (Å²) >= 11 is 1.34. The maximum Gasteiger partial charge on any atom is 0.230 e. The second-order valence-electron chi connectivity index (χ2n) is 7.44. The molecule has 0 radical (unpaired) electrons. The van der Waals surface area contributed by atoms with Crippen LogP contribution < -0.4 is 14.8 Å². The third-order valence-corrected chi connectivity index (χ3v) is 6.13. The Morgan fingerprint density at radius 1 is 1.03 bits per heavy atom. The molecule has 2 heterocycles. The zero-order valence-electron chi connectivity index (χ0n) is 19.1. The lowest BCUT2D eigenvalue weighted by atomic mass is 10.1. The Balaban J connectivity index is 1.40. The molecule has 0 aliphatic heterocycles.